The van der Waals surface area contributed by atoms with E-state index in [0.29, 0.717) is 0 Å². The zero-order valence-corrected chi connectivity index (χ0v) is 19.2. The molecule has 1 heteroatoms. The van der Waals surface area contributed by atoms with Gasteiger partial charge < -0.3 is 4.90 Å². The molecule has 1 nitrogen and oxygen atoms in total. The van der Waals surface area contributed by atoms with Gasteiger partial charge in [-0.25, -0.2) is 0 Å². The minimum Gasteiger partial charge on any atom is -0.310 e. The lowest BCUT2D eigenvalue weighted by molar-refractivity contribution is 1.29. The molecule has 0 saturated heterocycles. The van der Waals surface area contributed by atoms with Crippen LogP contribution in [-0.4, -0.2) is 0 Å². The summed E-state index contributed by atoms with van der Waals surface area (Å²) in [6.07, 6.45) is 0. The molecule has 7 aromatic rings. The van der Waals surface area contributed by atoms with Crippen LogP contribution in [0.2, 0.25) is 0 Å². The Kier molecular flexibility index (Phi) is 4.53. The summed E-state index contributed by atoms with van der Waals surface area (Å²) in [5.41, 5.74) is 3.45. The van der Waals surface area contributed by atoms with Crippen LogP contribution in [0.25, 0.3) is 43.1 Å². The average Bonchev–Trinajstić information content (AvgIpc) is 2.93. The molecule has 0 spiro atoms. The van der Waals surface area contributed by atoms with Gasteiger partial charge in [0, 0.05) is 17.1 Å². The first-order chi connectivity index (χ1) is 17.3. The fraction of sp³-hybridized carbons (Fsp3) is 0. The molecule has 0 fully saturated rings. The van der Waals surface area contributed by atoms with Crippen molar-refractivity contribution in [3.8, 4) is 0 Å². The number of fused-ring (bicyclic) bond motifs is 6. The predicted molar refractivity (Wildman–Crippen MR) is 151 cm³/mol. The molecule has 0 aromatic heterocycles. The first-order valence-corrected chi connectivity index (χ1v) is 12.0. The standard InChI is InChI=1S/C34H23N/c1-2-11-28(12-3-1)35(29-17-14-24-8-4-5-10-26(24)22-29)30-18-21-32-27(23-30)16-20-33-31-13-7-6-9-25(31)15-19-34(32)33/h1-23H. The Morgan fingerprint density at radius 3 is 1.60 bits per heavy atom. The molecule has 35 heavy (non-hydrogen) atoms. The van der Waals surface area contributed by atoms with Gasteiger partial charge in [0.15, 0.2) is 0 Å². The molecule has 0 N–H and O–H groups in total. The van der Waals surface area contributed by atoms with Crippen molar-refractivity contribution in [2.75, 3.05) is 4.90 Å². The van der Waals surface area contributed by atoms with Crippen LogP contribution in [-0.2, 0) is 0 Å². The molecule has 0 saturated carbocycles. The van der Waals surface area contributed by atoms with Crippen LogP contribution in [0.1, 0.15) is 0 Å². The van der Waals surface area contributed by atoms with Gasteiger partial charge in [0.1, 0.15) is 0 Å². The zero-order valence-electron chi connectivity index (χ0n) is 19.2. The van der Waals surface area contributed by atoms with E-state index in [-0.39, 0.29) is 0 Å². The van der Waals surface area contributed by atoms with Crippen molar-refractivity contribution in [1.29, 1.82) is 0 Å². The number of anilines is 3. The van der Waals surface area contributed by atoms with Crippen LogP contribution in [0, 0.1) is 0 Å². The second-order valence-corrected chi connectivity index (χ2v) is 9.06. The summed E-state index contributed by atoms with van der Waals surface area (Å²) in [5.74, 6) is 0. The normalized spacial score (nSPS) is 11.4. The Hall–Kier alpha value is -4.62. The monoisotopic (exact) mass is 445 g/mol. The second-order valence-electron chi connectivity index (χ2n) is 9.06. The molecule has 0 atom stereocenters. The highest BCUT2D eigenvalue weighted by Gasteiger charge is 2.14. The zero-order chi connectivity index (χ0) is 23.2. The van der Waals surface area contributed by atoms with Crippen molar-refractivity contribution < 1.29 is 0 Å². The third-order valence-corrected chi connectivity index (χ3v) is 6.99. The highest BCUT2D eigenvalue weighted by molar-refractivity contribution is 6.17. The van der Waals surface area contributed by atoms with Gasteiger partial charge in [0.25, 0.3) is 0 Å². The molecule has 0 aliphatic heterocycles. The molecule has 0 aliphatic carbocycles. The molecule has 0 aliphatic rings. The molecule has 0 radical (unpaired) electrons. The molecule has 0 amide bonds. The van der Waals surface area contributed by atoms with E-state index in [4.69, 9.17) is 0 Å². The lowest BCUT2D eigenvalue weighted by Gasteiger charge is -2.26. The van der Waals surface area contributed by atoms with Crippen LogP contribution < -0.4 is 4.90 Å². The van der Waals surface area contributed by atoms with Crippen molar-refractivity contribution in [2.45, 2.75) is 0 Å². The predicted octanol–water partition coefficient (Wildman–Crippen LogP) is 9.77. The van der Waals surface area contributed by atoms with E-state index < -0.39 is 0 Å². The lowest BCUT2D eigenvalue weighted by Crippen LogP contribution is -2.09. The summed E-state index contributed by atoms with van der Waals surface area (Å²) in [7, 11) is 0. The quantitative estimate of drug-likeness (QED) is 0.245. The highest BCUT2D eigenvalue weighted by Crippen LogP contribution is 2.39. The van der Waals surface area contributed by atoms with Crippen LogP contribution in [0.4, 0.5) is 17.1 Å². The number of hydrogen-bond acceptors (Lipinski definition) is 1. The summed E-state index contributed by atoms with van der Waals surface area (Å²) in [4.78, 5) is 2.34. The van der Waals surface area contributed by atoms with Gasteiger partial charge >= 0.3 is 0 Å². The minimum atomic E-state index is 1.15. The van der Waals surface area contributed by atoms with Gasteiger partial charge in [-0.05, 0) is 79.5 Å². The molecular formula is C34H23N. The minimum absolute atomic E-state index is 1.15. The van der Waals surface area contributed by atoms with Crippen LogP contribution in [0.5, 0.6) is 0 Å². The van der Waals surface area contributed by atoms with Crippen molar-refractivity contribution in [3.05, 3.63) is 140 Å². The molecule has 164 valence electrons. The topological polar surface area (TPSA) is 3.24 Å². The summed E-state index contributed by atoms with van der Waals surface area (Å²) < 4.78 is 0. The summed E-state index contributed by atoms with van der Waals surface area (Å²) in [6.45, 7) is 0. The van der Waals surface area contributed by atoms with Crippen LogP contribution in [0.15, 0.2) is 140 Å². The van der Waals surface area contributed by atoms with E-state index in [0.717, 1.165) is 17.1 Å². The lowest BCUT2D eigenvalue weighted by atomic mass is 9.96. The molecule has 0 heterocycles. The number of hydrogen-bond donors (Lipinski definition) is 0. The van der Waals surface area contributed by atoms with Gasteiger partial charge in [0.2, 0.25) is 0 Å². The van der Waals surface area contributed by atoms with Gasteiger partial charge in [-0.1, -0.05) is 103 Å². The van der Waals surface area contributed by atoms with Crippen molar-refractivity contribution in [1.82, 2.24) is 0 Å². The maximum atomic E-state index is 2.34. The summed E-state index contributed by atoms with van der Waals surface area (Å²) >= 11 is 0. The van der Waals surface area contributed by atoms with Crippen molar-refractivity contribution in [2.24, 2.45) is 0 Å². The highest BCUT2D eigenvalue weighted by atomic mass is 15.1. The molecular weight excluding hydrogens is 422 g/mol. The molecule has 7 rings (SSSR count). The van der Waals surface area contributed by atoms with Crippen LogP contribution in [0.3, 0.4) is 0 Å². The number of rotatable bonds is 3. The maximum absolute atomic E-state index is 2.34. The molecule has 7 aromatic carbocycles. The van der Waals surface area contributed by atoms with Gasteiger partial charge in [-0.3, -0.25) is 0 Å². The Balaban J connectivity index is 1.44. The largest absolute Gasteiger partial charge is 0.310 e. The fourth-order valence-electron chi connectivity index (χ4n) is 5.30. The SMILES string of the molecule is c1ccc(N(c2ccc3ccccc3c2)c2ccc3c(ccc4c5ccccc5ccc34)c2)cc1. The Morgan fingerprint density at radius 1 is 0.286 bits per heavy atom. The third kappa shape index (κ3) is 3.33. The first kappa shape index (κ1) is 19.8. The second kappa shape index (κ2) is 8.00. The Morgan fingerprint density at radius 2 is 0.800 bits per heavy atom. The Bertz CT molecular complexity index is 1850. The fourth-order valence-corrected chi connectivity index (χ4v) is 5.30. The van der Waals surface area contributed by atoms with E-state index in [1.165, 1.54) is 43.1 Å². The van der Waals surface area contributed by atoms with E-state index in [9.17, 15) is 0 Å². The molecule has 0 bridgehead atoms. The van der Waals surface area contributed by atoms with Crippen molar-refractivity contribution >= 4 is 60.2 Å². The van der Waals surface area contributed by atoms with Crippen LogP contribution >= 0.6 is 0 Å². The Labute approximate surface area is 204 Å². The van der Waals surface area contributed by atoms with Crippen molar-refractivity contribution in [3.63, 3.8) is 0 Å². The van der Waals surface area contributed by atoms with E-state index >= 15 is 0 Å². The number of benzene rings is 7. The molecule has 0 unspecified atom stereocenters. The van der Waals surface area contributed by atoms with Gasteiger partial charge in [-0.2, -0.15) is 0 Å². The van der Waals surface area contributed by atoms with E-state index in [2.05, 4.69) is 144 Å². The van der Waals surface area contributed by atoms with Gasteiger partial charge in [0.05, 0.1) is 0 Å². The third-order valence-electron chi connectivity index (χ3n) is 6.99. The maximum Gasteiger partial charge on any atom is 0.0468 e. The summed E-state index contributed by atoms with van der Waals surface area (Å²) in [6, 6.07) is 50.3. The average molecular weight is 446 g/mol. The number of nitrogens with zero attached hydrogens (tertiary/aromatic N) is 1. The van der Waals surface area contributed by atoms with E-state index in [1.54, 1.807) is 0 Å². The van der Waals surface area contributed by atoms with Gasteiger partial charge in [-0.15, -0.1) is 0 Å². The number of para-hydroxylation sites is 1. The summed E-state index contributed by atoms with van der Waals surface area (Å²) in [5, 5.41) is 10.2. The smallest absolute Gasteiger partial charge is 0.0468 e. The first-order valence-electron chi connectivity index (χ1n) is 12.0. The van der Waals surface area contributed by atoms with E-state index in [1.807, 2.05) is 0 Å².